The van der Waals surface area contributed by atoms with Gasteiger partial charge in [0, 0.05) is 43.3 Å². The maximum atomic E-state index is 14.2. The monoisotopic (exact) mass is 541 g/mol. The largest absolute Gasteiger partial charge is 0.394 e. The Morgan fingerprint density at radius 1 is 1.03 bits per heavy atom. The molecule has 2 amide bonds. The number of carbonyl (C=O) groups excluding carboxylic acids is 2. The minimum atomic E-state index is -4.57. The van der Waals surface area contributed by atoms with Crippen LogP contribution >= 0.6 is 11.8 Å². The molecule has 0 spiro atoms. The Morgan fingerprint density at radius 2 is 1.68 bits per heavy atom. The van der Waals surface area contributed by atoms with Gasteiger partial charge in [-0.1, -0.05) is 44.7 Å². The molecule has 0 aliphatic carbocycles. The molecular weight excluding hydrogens is 510 g/mol. The van der Waals surface area contributed by atoms with E-state index in [1.54, 1.807) is 37.8 Å². The fourth-order valence-corrected chi connectivity index (χ4v) is 5.51. The molecule has 0 bridgehead atoms. The molecule has 2 atom stereocenters. The molecule has 12 heteroatoms. The van der Waals surface area contributed by atoms with Gasteiger partial charge in [0.05, 0.1) is 5.92 Å². The van der Waals surface area contributed by atoms with Crippen LogP contribution in [0.3, 0.4) is 0 Å². The van der Waals surface area contributed by atoms with Crippen molar-refractivity contribution in [2.24, 2.45) is 11.3 Å². The van der Waals surface area contributed by atoms with E-state index in [4.69, 9.17) is 0 Å². The molecule has 2 aliphatic rings. The van der Waals surface area contributed by atoms with Crippen LogP contribution in [0.1, 0.15) is 62.1 Å². The maximum absolute atomic E-state index is 14.2. The number of hydrogen-bond acceptors (Lipinski definition) is 5. The number of amides is 2. The topological polar surface area (TPSA) is 71.3 Å². The van der Waals surface area contributed by atoms with Gasteiger partial charge in [-0.05, 0) is 37.0 Å². The molecule has 2 fully saturated rings. The van der Waals surface area contributed by atoms with Gasteiger partial charge < -0.3 is 9.80 Å². The van der Waals surface area contributed by atoms with Crippen molar-refractivity contribution in [3.8, 4) is 0 Å². The number of halogens is 4. The van der Waals surface area contributed by atoms with Crippen LogP contribution in [0, 0.1) is 17.2 Å². The van der Waals surface area contributed by atoms with Crippen molar-refractivity contribution in [2.45, 2.75) is 63.0 Å². The van der Waals surface area contributed by atoms with Gasteiger partial charge in [0.2, 0.25) is 0 Å². The molecule has 4 rings (SSSR count). The third kappa shape index (κ3) is 6.27. The Balaban J connectivity index is 1.61. The summed E-state index contributed by atoms with van der Waals surface area (Å²) in [6.45, 7) is 5.91. The Bertz CT molecular complexity index is 1120. The number of benzene rings is 1. The Morgan fingerprint density at radius 3 is 2.27 bits per heavy atom. The molecule has 2 saturated heterocycles. The lowest BCUT2D eigenvalue weighted by atomic mass is 9.84. The second-order valence-electron chi connectivity index (χ2n) is 10.6. The first kappa shape index (κ1) is 27.4. The number of piperidine rings is 1. The van der Waals surface area contributed by atoms with Crippen LogP contribution in [0.4, 0.5) is 22.4 Å². The number of thioether (sulfide) groups is 1. The highest BCUT2D eigenvalue weighted by atomic mass is 32.2. The predicted octanol–water partition coefficient (Wildman–Crippen LogP) is 5.58. The number of rotatable bonds is 4. The van der Waals surface area contributed by atoms with Crippen LogP contribution in [-0.2, 0) is 5.75 Å². The standard InChI is InChI=1S/C25H31F4N5O2S/c1-24(2,3)21(35)34-22(37-15-16-6-8-17(26)9-7-16)30-20(31-34)18-10-13-33(14-19(18)25(27,28)29)23(36)32-11-4-5-12-32/h6-9,18-19H,4-5,10-15H2,1-3H3. The molecule has 1 aromatic carbocycles. The van der Waals surface area contributed by atoms with Crippen molar-refractivity contribution in [2.75, 3.05) is 26.2 Å². The Hall–Kier alpha value is -2.63. The van der Waals surface area contributed by atoms with Gasteiger partial charge in [0.1, 0.15) is 5.82 Å². The minimum Gasteiger partial charge on any atom is -0.325 e. The van der Waals surface area contributed by atoms with Crippen molar-refractivity contribution in [3.63, 3.8) is 0 Å². The quantitative estimate of drug-likeness (QED) is 0.373. The van der Waals surface area contributed by atoms with Crippen LogP contribution in [0.5, 0.6) is 0 Å². The van der Waals surface area contributed by atoms with Gasteiger partial charge in [-0.25, -0.2) is 14.2 Å². The SMILES string of the molecule is CC(C)(C)C(=O)n1nc(C2CCN(C(=O)N3CCCC3)CC2C(F)(F)F)nc1SCc1ccc(F)cc1. The van der Waals surface area contributed by atoms with Gasteiger partial charge in [-0.3, -0.25) is 4.79 Å². The first-order valence-corrected chi connectivity index (χ1v) is 13.3. The molecule has 3 heterocycles. The summed E-state index contributed by atoms with van der Waals surface area (Å²) in [5.41, 5.74) is -0.0712. The molecule has 0 radical (unpaired) electrons. The molecule has 37 heavy (non-hydrogen) atoms. The number of urea groups is 1. The highest BCUT2D eigenvalue weighted by molar-refractivity contribution is 7.98. The number of hydrogen-bond donors (Lipinski definition) is 0. The lowest BCUT2D eigenvalue weighted by Gasteiger charge is -2.39. The molecule has 0 N–H and O–H groups in total. The van der Waals surface area contributed by atoms with E-state index in [0.717, 1.165) is 34.8 Å². The van der Waals surface area contributed by atoms with Crippen LogP contribution in [0.15, 0.2) is 29.4 Å². The fourth-order valence-electron chi connectivity index (χ4n) is 4.62. The second kappa shape index (κ2) is 10.6. The fraction of sp³-hybridized carbons (Fsp3) is 0.600. The number of likely N-dealkylation sites (tertiary alicyclic amines) is 2. The molecule has 202 valence electrons. The van der Waals surface area contributed by atoms with Crippen LogP contribution in [0.2, 0.25) is 0 Å². The van der Waals surface area contributed by atoms with Crippen molar-refractivity contribution < 1.29 is 27.2 Å². The summed E-state index contributed by atoms with van der Waals surface area (Å²) in [6.07, 6.45) is -2.83. The average molecular weight is 542 g/mol. The highest BCUT2D eigenvalue weighted by Gasteiger charge is 2.50. The van der Waals surface area contributed by atoms with Crippen LogP contribution in [0.25, 0.3) is 0 Å². The van der Waals surface area contributed by atoms with E-state index < -0.39 is 35.9 Å². The van der Waals surface area contributed by atoms with E-state index in [-0.39, 0.29) is 35.8 Å². The van der Waals surface area contributed by atoms with Gasteiger partial charge >= 0.3 is 12.2 Å². The summed E-state index contributed by atoms with van der Waals surface area (Å²) in [7, 11) is 0. The molecule has 1 aromatic heterocycles. The highest BCUT2D eigenvalue weighted by Crippen LogP contribution is 2.43. The lowest BCUT2D eigenvalue weighted by molar-refractivity contribution is -0.190. The summed E-state index contributed by atoms with van der Waals surface area (Å²) >= 11 is 1.16. The summed E-state index contributed by atoms with van der Waals surface area (Å²) < 4.78 is 57.1. The third-order valence-electron chi connectivity index (χ3n) is 6.72. The number of aromatic nitrogens is 3. The summed E-state index contributed by atoms with van der Waals surface area (Å²) in [4.78, 5) is 33.2. The van der Waals surface area contributed by atoms with E-state index in [9.17, 15) is 27.2 Å². The van der Waals surface area contributed by atoms with Gasteiger partial charge in [0.25, 0.3) is 5.91 Å². The lowest BCUT2D eigenvalue weighted by Crippen LogP contribution is -2.51. The van der Waals surface area contributed by atoms with Crippen LogP contribution in [-0.4, -0.2) is 68.9 Å². The molecule has 0 saturated carbocycles. The number of carbonyl (C=O) groups is 2. The zero-order valence-electron chi connectivity index (χ0n) is 21.1. The third-order valence-corrected chi connectivity index (χ3v) is 7.72. The smallest absolute Gasteiger partial charge is 0.325 e. The van der Waals surface area contributed by atoms with Gasteiger partial charge in [0.15, 0.2) is 11.0 Å². The van der Waals surface area contributed by atoms with Crippen molar-refractivity contribution in [1.82, 2.24) is 24.6 Å². The Labute approximate surface area is 217 Å². The maximum Gasteiger partial charge on any atom is 0.394 e. The molecule has 2 aliphatic heterocycles. The van der Waals surface area contributed by atoms with E-state index >= 15 is 0 Å². The van der Waals surface area contributed by atoms with Crippen molar-refractivity contribution >= 4 is 23.7 Å². The van der Waals surface area contributed by atoms with E-state index in [1.807, 2.05) is 0 Å². The minimum absolute atomic E-state index is 0.0412. The van der Waals surface area contributed by atoms with Gasteiger partial charge in [-0.2, -0.15) is 17.9 Å². The predicted molar refractivity (Wildman–Crippen MR) is 131 cm³/mol. The first-order chi connectivity index (χ1) is 17.3. The van der Waals surface area contributed by atoms with E-state index in [1.165, 1.54) is 17.0 Å². The summed E-state index contributed by atoms with van der Waals surface area (Å²) in [6, 6.07) is 5.47. The molecule has 2 unspecified atom stereocenters. The van der Waals surface area contributed by atoms with E-state index in [2.05, 4.69) is 10.1 Å². The van der Waals surface area contributed by atoms with Crippen molar-refractivity contribution in [3.05, 3.63) is 41.5 Å². The number of nitrogens with zero attached hydrogens (tertiary/aromatic N) is 5. The normalized spacial score (nSPS) is 20.9. The first-order valence-electron chi connectivity index (χ1n) is 12.3. The Kier molecular flexibility index (Phi) is 7.87. The van der Waals surface area contributed by atoms with Crippen LogP contribution < -0.4 is 0 Å². The van der Waals surface area contributed by atoms with Gasteiger partial charge in [-0.15, -0.1) is 5.10 Å². The average Bonchev–Trinajstić information content (AvgIpc) is 3.52. The molecule has 7 nitrogen and oxygen atoms in total. The zero-order valence-corrected chi connectivity index (χ0v) is 21.9. The zero-order chi connectivity index (χ0) is 27.0. The van der Waals surface area contributed by atoms with E-state index in [0.29, 0.717) is 18.8 Å². The number of alkyl halides is 3. The molecule has 2 aromatic rings. The molecular formula is C25H31F4N5O2S. The van der Waals surface area contributed by atoms with Crippen molar-refractivity contribution in [1.29, 1.82) is 0 Å². The summed E-state index contributed by atoms with van der Waals surface area (Å²) in [5, 5.41) is 4.49. The second-order valence-corrected chi connectivity index (χ2v) is 11.5. The summed E-state index contributed by atoms with van der Waals surface area (Å²) in [5.74, 6) is -3.41.